The Hall–Kier alpha value is -4.72. The minimum Gasteiger partial charge on any atom is -0.336 e. The number of hydrogen-bond acceptors (Lipinski definition) is 4. The molecule has 2 heterocycles. The van der Waals surface area contributed by atoms with Crippen molar-refractivity contribution in [3.63, 3.8) is 0 Å². The average molecular weight is 437 g/mol. The van der Waals surface area contributed by atoms with Crippen LogP contribution in [-0.4, -0.2) is 26.4 Å². The van der Waals surface area contributed by atoms with E-state index < -0.39 is 17.9 Å². The highest BCUT2D eigenvalue weighted by Crippen LogP contribution is 2.19. The van der Waals surface area contributed by atoms with Gasteiger partial charge in [-0.15, -0.1) is 0 Å². The van der Waals surface area contributed by atoms with Crippen LogP contribution in [0.4, 0.5) is 5.69 Å². The number of H-pyrrole nitrogens is 1. The first-order valence-corrected chi connectivity index (χ1v) is 10.3. The maximum atomic E-state index is 13.2. The van der Waals surface area contributed by atoms with E-state index in [1.807, 2.05) is 24.3 Å². The molecule has 1 atom stereocenters. The van der Waals surface area contributed by atoms with Crippen LogP contribution in [0.3, 0.4) is 0 Å². The quantitative estimate of drug-likeness (QED) is 0.392. The number of rotatable bonds is 5. The fraction of sp³-hybridized carbons (Fsp3) is 0.0400. The third-order valence-electron chi connectivity index (χ3n) is 5.33. The molecule has 0 aliphatic rings. The van der Waals surface area contributed by atoms with Crippen molar-refractivity contribution in [3.05, 3.63) is 113 Å². The van der Waals surface area contributed by atoms with Gasteiger partial charge < -0.3 is 15.6 Å². The number of benzene rings is 3. The number of carbonyl (C=O) groups excluding carboxylic acids is 2. The van der Waals surface area contributed by atoms with Gasteiger partial charge in [-0.2, -0.15) is 5.10 Å². The van der Waals surface area contributed by atoms with E-state index in [1.54, 1.807) is 60.7 Å². The molecule has 0 aliphatic carbocycles. The molecule has 2 aromatic heterocycles. The Bertz CT molecular complexity index is 1520. The molecule has 3 N–H and O–H groups in total. The van der Waals surface area contributed by atoms with Crippen molar-refractivity contribution in [3.8, 4) is 0 Å². The highest BCUT2D eigenvalue weighted by Gasteiger charge is 2.25. The lowest BCUT2D eigenvalue weighted by molar-refractivity contribution is -0.118. The van der Waals surface area contributed by atoms with E-state index in [-0.39, 0.29) is 16.8 Å². The Kier molecular flexibility index (Phi) is 5.16. The zero-order chi connectivity index (χ0) is 22.8. The number of fused-ring (bicyclic) bond motifs is 3. The smallest absolute Gasteiger partial charge is 0.259 e. The lowest BCUT2D eigenvalue weighted by Gasteiger charge is -2.19. The molecular weight excluding hydrogens is 418 g/mol. The van der Waals surface area contributed by atoms with Crippen LogP contribution in [0.25, 0.3) is 16.6 Å². The fourth-order valence-corrected chi connectivity index (χ4v) is 3.73. The number of carbonyl (C=O) groups is 2. The van der Waals surface area contributed by atoms with Gasteiger partial charge in [0.2, 0.25) is 0 Å². The van der Waals surface area contributed by atoms with E-state index >= 15 is 0 Å². The van der Waals surface area contributed by atoms with Gasteiger partial charge in [0.15, 0.2) is 0 Å². The Balaban J connectivity index is 1.51. The lowest BCUT2D eigenvalue weighted by atomic mass is 10.1. The number of anilines is 1. The van der Waals surface area contributed by atoms with Crippen LogP contribution in [0, 0.1) is 0 Å². The standard InChI is InChI=1S/C25H19N5O3/c31-23-18-13-7-8-14-20(18)30-22(29-23)19(15-26-30)24(32)28-21(16-9-3-1-4-10-16)25(33)27-17-11-5-2-6-12-17/h1-15,21H,(H,27,33)(H,28,32)(H,29,31). The number of aromatic nitrogens is 3. The maximum absolute atomic E-state index is 13.2. The topological polar surface area (TPSA) is 108 Å². The number of nitrogens with zero attached hydrogens (tertiary/aromatic N) is 2. The predicted molar refractivity (Wildman–Crippen MR) is 125 cm³/mol. The van der Waals surface area contributed by atoms with Crippen LogP contribution < -0.4 is 16.2 Å². The summed E-state index contributed by atoms with van der Waals surface area (Å²) in [7, 11) is 0. The van der Waals surface area contributed by atoms with Gasteiger partial charge in [-0.1, -0.05) is 60.7 Å². The minimum atomic E-state index is -0.957. The van der Waals surface area contributed by atoms with E-state index in [0.29, 0.717) is 22.2 Å². The first-order chi connectivity index (χ1) is 16.1. The van der Waals surface area contributed by atoms with Crippen molar-refractivity contribution in [1.29, 1.82) is 0 Å². The van der Waals surface area contributed by atoms with Gasteiger partial charge in [-0.3, -0.25) is 14.4 Å². The number of amides is 2. The molecule has 3 aromatic carbocycles. The van der Waals surface area contributed by atoms with Gasteiger partial charge in [0.25, 0.3) is 17.4 Å². The van der Waals surface area contributed by atoms with Crippen molar-refractivity contribution < 1.29 is 9.59 Å². The summed E-state index contributed by atoms with van der Waals surface area (Å²) < 4.78 is 1.51. The summed E-state index contributed by atoms with van der Waals surface area (Å²) in [5.74, 6) is -0.927. The molecule has 162 valence electrons. The zero-order valence-corrected chi connectivity index (χ0v) is 17.4. The van der Waals surface area contributed by atoms with Crippen molar-refractivity contribution in [2.24, 2.45) is 0 Å². The third kappa shape index (κ3) is 3.85. The average Bonchev–Trinajstić information content (AvgIpc) is 3.28. The van der Waals surface area contributed by atoms with Gasteiger partial charge in [0.1, 0.15) is 17.3 Å². The summed E-state index contributed by atoms with van der Waals surface area (Å²) in [6.45, 7) is 0. The van der Waals surface area contributed by atoms with E-state index in [4.69, 9.17) is 0 Å². The van der Waals surface area contributed by atoms with E-state index in [1.165, 1.54) is 10.7 Å². The molecule has 2 amide bonds. The van der Waals surface area contributed by atoms with Gasteiger partial charge >= 0.3 is 0 Å². The molecule has 0 bridgehead atoms. The highest BCUT2D eigenvalue weighted by atomic mass is 16.2. The highest BCUT2D eigenvalue weighted by molar-refractivity contribution is 6.04. The monoisotopic (exact) mass is 437 g/mol. The van der Waals surface area contributed by atoms with Gasteiger partial charge in [-0.25, -0.2) is 4.52 Å². The van der Waals surface area contributed by atoms with Crippen LogP contribution in [0.5, 0.6) is 0 Å². The summed E-state index contributed by atoms with van der Waals surface area (Å²) >= 11 is 0. The molecule has 33 heavy (non-hydrogen) atoms. The maximum Gasteiger partial charge on any atom is 0.259 e. The molecule has 0 aliphatic heterocycles. The van der Waals surface area contributed by atoms with Crippen molar-refractivity contribution in [2.75, 3.05) is 5.32 Å². The van der Waals surface area contributed by atoms with E-state index in [0.717, 1.165) is 0 Å². The molecule has 0 saturated carbocycles. The summed E-state index contributed by atoms with van der Waals surface area (Å²) in [5, 5.41) is 10.4. The summed E-state index contributed by atoms with van der Waals surface area (Å²) in [5.41, 5.74) is 1.91. The molecular formula is C25H19N5O3. The summed E-state index contributed by atoms with van der Waals surface area (Å²) in [6, 6.07) is 24.0. The molecule has 0 radical (unpaired) electrons. The third-order valence-corrected chi connectivity index (χ3v) is 5.33. The second kappa shape index (κ2) is 8.43. The normalized spacial score (nSPS) is 11.9. The minimum absolute atomic E-state index is 0.159. The number of para-hydroxylation sites is 2. The molecule has 0 spiro atoms. The molecule has 5 rings (SSSR count). The van der Waals surface area contributed by atoms with Crippen LogP contribution in [0.1, 0.15) is 22.0 Å². The Morgan fingerprint density at radius 3 is 2.30 bits per heavy atom. The second-order valence-electron chi connectivity index (χ2n) is 7.46. The van der Waals surface area contributed by atoms with Crippen molar-refractivity contribution >= 4 is 34.1 Å². The second-order valence-corrected chi connectivity index (χ2v) is 7.46. The van der Waals surface area contributed by atoms with Crippen LogP contribution in [0.2, 0.25) is 0 Å². The summed E-state index contributed by atoms with van der Waals surface area (Å²) in [4.78, 5) is 41.6. The number of aromatic amines is 1. The SMILES string of the molecule is O=C(NC(C(=O)Nc1ccccc1)c1ccccc1)c1cnn2c1[nH]c(=O)c1ccccc12. The van der Waals surface area contributed by atoms with E-state index in [2.05, 4.69) is 20.7 Å². The van der Waals surface area contributed by atoms with Gasteiger partial charge in [0.05, 0.1) is 17.1 Å². The number of nitrogens with one attached hydrogen (secondary N) is 3. The van der Waals surface area contributed by atoms with E-state index in [9.17, 15) is 14.4 Å². The Morgan fingerprint density at radius 1 is 0.879 bits per heavy atom. The van der Waals surface area contributed by atoms with Gasteiger partial charge in [-0.05, 0) is 29.8 Å². The first-order valence-electron chi connectivity index (χ1n) is 10.3. The molecule has 5 aromatic rings. The molecule has 8 nitrogen and oxygen atoms in total. The van der Waals surface area contributed by atoms with Crippen LogP contribution in [-0.2, 0) is 4.79 Å². The molecule has 0 fully saturated rings. The first kappa shape index (κ1) is 20.2. The largest absolute Gasteiger partial charge is 0.336 e. The molecule has 8 heteroatoms. The van der Waals surface area contributed by atoms with Crippen molar-refractivity contribution in [2.45, 2.75) is 6.04 Å². The van der Waals surface area contributed by atoms with Crippen LogP contribution in [0.15, 0.2) is 95.9 Å². The summed E-state index contributed by atoms with van der Waals surface area (Å²) in [6.07, 6.45) is 1.38. The number of hydrogen-bond donors (Lipinski definition) is 3. The zero-order valence-electron chi connectivity index (χ0n) is 17.4. The van der Waals surface area contributed by atoms with Gasteiger partial charge in [0, 0.05) is 5.69 Å². The fourth-order valence-electron chi connectivity index (χ4n) is 3.73. The predicted octanol–water partition coefficient (Wildman–Crippen LogP) is 3.29. The van der Waals surface area contributed by atoms with Crippen molar-refractivity contribution in [1.82, 2.24) is 19.9 Å². The molecule has 0 saturated heterocycles. The Morgan fingerprint density at radius 2 is 1.55 bits per heavy atom. The lowest BCUT2D eigenvalue weighted by Crippen LogP contribution is -2.37. The Labute approximate surface area is 187 Å². The molecule has 1 unspecified atom stereocenters. The van der Waals surface area contributed by atoms with Crippen LogP contribution >= 0.6 is 0 Å².